The van der Waals surface area contributed by atoms with Gasteiger partial charge >= 0.3 is 5.97 Å². The molecule has 41 heavy (non-hydrogen) atoms. The summed E-state index contributed by atoms with van der Waals surface area (Å²) in [5.74, 6) is -3.66. The van der Waals surface area contributed by atoms with Crippen LogP contribution in [0.1, 0.15) is 79.9 Å². The SMILES string of the molecule is CCON=C1CC(n2nncc2C(=O)O)C2(O)Oc3ccc(O)cc3C3C(CCCCO)C(CCCCO)C=C1C32. The number of fused-ring (bicyclic) bond motifs is 2. The zero-order valence-electron chi connectivity index (χ0n) is 23.1. The number of aliphatic hydroxyl groups is 3. The second-order valence-corrected chi connectivity index (χ2v) is 11.0. The number of hydrogen-bond donors (Lipinski definition) is 5. The number of benzene rings is 1. The molecule has 222 valence electrons. The Balaban J connectivity index is 1.73. The van der Waals surface area contributed by atoms with Crippen LogP contribution in [0.5, 0.6) is 11.5 Å². The molecule has 2 heterocycles. The van der Waals surface area contributed by atoms with Gasteiger partial charge in [-0.05, 0) is 68.2 Å². The van der Waals surface area contributed by atoms with Gasteiger partial charge in [-0.3, -0.25) is 0 Å². The lowest BCUT2D eigenvalue weighted by molar-refractivity contribution is -0.225. The van der Waals surface area contributed by atoms with Crippen molar-refractivity contribution in [2.24, 2.45) is 22.9 Å². The Kier molecular flexibility index (Phi) is 8.62. The number of phenols is 1. The number of allylic oxidation sites excluding steroid dienone is 1. The monoisotopic (exact) mass is 570 g/mol. The van der Waals surface area contributed by atoms with Gasteiger partial charge in [0, 0.05) is 31.1 Å². The van der Waals surface area contributed by atoms with E-state index >= 15 is 0 Å². The fourth-order valence-corrected chi connectivity index (χ4v) is 6.98. The van der Waals surface area contributed by atoms with E-state index in [1.54, 1.807) is 12.1 Å². The standard InChI is InChI=1S/C29H38N4O8/c1-2-40-31-22-15-25(33-23(28(37)38)16-30-32-33)29(39)27-20(22)13-17(7-3-5-11-34)19(8-4-6-12-35)26(27)21-14-18(36)9-10-24(21)41-29/h9-10,13-14,16-17,19,25-27,34-36,39H,2-8,11-12,15H2,1H3,(H,37,38). The Labute approximate surface area is 237 Å². The van der Waals surface area contributed by atoms with E-state index < -0.39 is 23.7 Å². The molecule has 1 fully saturated rings. The number of aliphatic hydroxyl groups excluding tert-OH is 2. The first-order valence-corrected chi connectivity index (χ1v) is 14.3. The maximum absolute atomic E-state index is 12.6. The number of aromatic hydroxyl groups is 1. The Morgan fingerprint density at radius 3 is 2.66 bits per heavy atom. The van der Waals surface area contributed by atoms with Gasteiger partial charge in [0.2, 0.25) is 5.79 Å². The average molecular weight is 571 g/mol. The number of hydrogen-bond acceptors (Lipinski definition) is 10. The lowest BCUT2D eigenvalue weighted by Crippen LogP contribution is -2.62. The highest BCUT2D eigenvalue weighted by molar-refractivity contribution is 6.02. The number of carboxylic acid groups (broad SMARTS) is 1. The minimum Gasteiger partial charge on any atom is -0.508 e. The van der Waals surface area contributed by atoms with Crippen molar-refractivity contribution < 1.29 is 39.9 Å². The Hall–Kier alpha value is -3.48. The summed E-state index contributed by atoms with van der Waals surface area (Å²) in [5, 5.41) is 64.3. The number of ether oxygens (including phenoxy) is 1. The first-order chi connectivity index (χ1) is 19.8. The van der Waals surface area contributed by atoms with E-state index in [0.717, 1.165) is 43.0 Å². The molecule has 0 amide bonds. The van der Waals surface area contributed by atoms with Crippen LogP contribution in [-0.2, 0) is 4.84 Å². The molecule has 6 unspecified atom stereocenters. The highest BCUT2D eigenvalue weighted by Crippen LogP contribution is 2.62. The summed E-state index contributed by atoms with van der Waals surface area (Å²) in [6.45, 7) is 2.30. The van der Waals surface area contributed by atoms with Crippen molar-refractivity contribution in [3.8, 4) is 11.5 Å². The van der Waals surface area contributed by atoms with Crippen molar-refractivity contribution >= 4 is 11.7 Å². The minimum absolute atomic E-state index is 0.00764. The zero-order valence-corrected chi connectivity index (χ0v) is 23.1. The zero-order chi connectivity index (χ0) is 29.1. The smallest absolute Gasteiger partial charge is 0.355 e. The molecule has 1 aromatic heterocycles. The molecule has 2 aliphatic carbocycles. The van der Waals surface area contributed by atoms with Gasteiger partial charge in [-0.25, -0.2) is 9.48 Å². The van der Waals surface area contributed by atoms with Crippen LogP contribution in [0, 0.1) is 17.8 Å². The van der Waals surface area contributed by atoms with Crippen LogP contribution in [0.25, 0.3) is 0 Å². The molecular weight excluding hydrogens is 532 g/mol. The number of aromatic nitrogens is 3. The molecule has 5 N–H and O–H groups in total. The Bertz CT molecular complexity index is 1310. The fourth-order valence-electron chi connectivity index (χ4n) is 6.98. The third kappa shape index (κ3) is 5.31. The van der Waals surface area contributed by atoms with E-state index in [-0.39, 0.29) is 48.8 Å². The number of carboxylic acids is 1. The van der Waals surface area contributed by atoms with E-state index in [4.69, 9.17) is 9.57 Å². The first-order valence-electron chi connectivity index (χ1n) is 14.3. The molecule has 1 saturated carbocycles. The quantitative estimate of drug-likeness (QED) is 0.188. The topological polar surface area (TPSA) is 180 Å². The lowest BCUT2D eigenvalue weighted by Gasteiger charge is -2.56. The fraction of sp³-hybridized carbons (Fsp3) is 0.586. The van der Waals surface area contributed by atoms with Crippen LogP contribution in [0.15, 0.2) is 41.2 Å². The molecule has 0 saturated heterocycles. The summed E-state index contributed by atoms with van der Waals surface area (Å²) in [6, 6.07) is 3.81. The number of nitrogens with zero attached hydrogens (tertiary/aromatic N) is 4. The summed E-state index contributed by atoms with van der Waals surface area (Å²) in [4.78, 5) is 17.6. The molecule has 12 nitrogen and oxygen atoms in total. The van der Waals surface area contributed by atoms with Gasteiger partial charge in [-0.2, -0.15) is 0 Å². The molecule has 0 spiro atoms. The predicted octanol–water partition coefficient (Wildman–Crippen LogP) is 3.00. The van der Waals surface area contributed by atoms with Crippen molar-refractivity contribution in [2.75, 3.05) is 19.8 Å². The summed E-state index contributed by atoms with van der Waals surface area (Å²) < 4.78 is 7.59. The van der Waals surface area contributed by atoms with Crippen LogP contribution in [0.4, 0.5) is 0 Å². The normalized spacial score (nSPS) is 29.3. The van der Waals surface area contributed by atoms with E-state index in [1.165, 1.54) is 10.7 Å². The highest BCUT2D eigenvalue weighted by atomic mass is 16.6. The summed E-state index contributed by atoms with van der Waals surface area (Å²) in [7, 11) is 0. The maximum Gasteiger partial charge on any atom is 0.355 e. The van der Waals surface area contributed by atoms with Gasteiger partial charge in [-0.1, -0.05) is 29.3 Å². The molecule has 0 radical (unpaired) electrons. The van der Waals surface area contributed by atoms with Crippen LogP contribution < -0.4 is 4.74 Å². The maximum atomic E-state index is 12.6. The van der Waals surface area contributed by atoms with Crippen LogP contribution >= 0.6 is 0 Å². The van der Waals surface area contributed by atoms with Crippen molar-refractivity contribution in [3.63, 3.8) is 0 Å². The molecule has 12 heteroatoms. The van der Waals surface area contributed by atoms with Gasteiger partial charge in [0.1, 0.15) is 24.1 Å². The van der Waals surface area contributed by atoms with E-state index in [0.29, 0.717) is 30.9 Å². The molecule has 2 aromatic rings. The molecule has 3 aliphatic rings. The van der Waals surface area contributed by atoms with Crippen LogP contribution in [0.3, 0.4) is 0 Å². The molecule has 1 aliphatic heterocycles. The van der Waals surface area contributed by atoms with Gasteiger partial charge in [0.05, 0.1) is 17.8 Å². The molecule has 5 rings (SSSR count). The number of phenolic OH excluding ortho intramolecular Hbond substituents is 1. The van der Waals surface area contributed by atoms with Crippen LogP contribution in [0.2, 0.25) is 0 Å². The van der Waals surface area contributed by atoms with Gasteiger partial charge in [0.15, 0.2) is 5.69 Å². The lowest BCUT2D eigenvalue weighted by atomic mass is 9.55. The number of rotatable bonds is 12. The predicted molar refractivity (Wildman–Crippen MR) is 147 cm³/mol. The molecular formula is C29H38N4O8. The van der Waals surface area contributed by atoms with Crippen molar-refractivity contribution in [1.29, 1.82) is 0 Å². The van der Waals surface area contributed by atoms with Gasteiger partial charge < -0.3 is 35.1 Å². The molecule has 0 bridgehead atoms. The number of aromatic carboxylic acids is 1. The largest absolute Gasteiger partial charge is 0.508 e. The highest BCUT2D eigenvalue weighted by Gasteiger charge is 2.63. The third-order valence-corrected chi connectivity index (χ3v) is 8.65. The van der Waals surface area contributed by atoms with Gasteiger partial charge in [0.25, 0.3) is 0 Å². The number of unbranched alkanes of at least 4 members (excludes halogenated alkanes) is 2. The first kappa shape index (κ1) is 29.0. The molecule has 1 aromatic carbocycles. The van der Waals surface area contributed by atoms with E-state index in [2.05, 4.69) is 21.5 Å². The number of carbonyl (C=O) groups is 1. The summed E-state index contributed by atoms with van der Waals surface area (Å²) >= 11 is 0. The number of oxime groups is 1. The summed E-state index contributed by atoms with van der Waals surface area (Å²) in [6.07, 6.45) is 7.74. The van der Waals surface area contributed by atoms with Crippen molar-refractivity contribution in [1.82, 2.24) is 15.0 Å². The summed E-state index contributed by atoms with van der Waals surface area (Å²) in [5.41, 5.74) is 1.89. The Morgan fingerprint density at radius 2 is 1.95 bits per heavy atom. The van der Waals surface area contributed by atoms with Crippen LogP contribution in [-0.4, -0.2) is 77.8 Å². The third-order valence-electron chi connectivity index (χ3n) is 8.65. The van der Waals surface area contributed by atoms with Crippen molar-refractivity contribution in [3.05, 3.63) is 47.3 Å². The van der Waals surface area contributed by atoms with Crippen molar-refractivity contribution in [2.45, 2.75) is 69.6 Å². The van der Waals surface area contributed by atoms with Gasteiger partial charge in [-0.15, -0.1) is 5.10 Å². The van der Waals surface area contributed by atoms with E-state index in [1.807, 2.05) is 6.92 Å². The second kappa shape index (κ2) is 12.2. The minimum atomic E-state index is -1.92. The molecule has 6 atom stereocenters. The Morgan fingerprint density at radius 1 is 1.20 bits per heavy atom. The second-order valence-electron chi connectivity index (χ2n) is 11.0. The van der Waals surface area contributed by atoms with E-state index in [9.17, 15) is 30.3 Å². The average Bonchev–Trinajstić information content (AvgIpc) is 3.44.